The molecule has 2 aromatic rings. The molecule has 2 aromatic carbocycles. The number of rotatable bonds is 4. The molecule has 3 nitrogen and oxygen atoms in total. The highest BCUT2D eigenvalue weighted by molar-refractivity contribution is 6.68. The third-order valence-electron chi connectivity index (χ3n) is 2.90. The van der Waals surface area contributed by atoms with Gasteiger partial charge < -0.3 is 5.11 Å². The van der Waals surface area contributed by atoms with Crippen molar-refractivity contribution in [2.75, 3.05) is 0 Å². The molecule has 0 spiro atoms. The fourth-order valence-electron chi connectivity index (χ4n) is 1.81. The van der Waals surface area contributed by atoms with Gasteiger partial charge in [-0.1, -0.05) is 6.07 Å². The molecule has 0 aliphatic carbocycles. The quantitative estimate of drug-likeness (QED) is 0.695. The Morgan fingerprint density at radius 1 is 1.10 bits per heavy atom. The van der Waals surface area contributed by atoms with Crippen molar-refractivity contribution in [2.24, 2.45) is 0 Å². The summed E-state index contributed by atoms with van der Waals surface area (Å²) in [5, 5.41) is 8.53. The van der Waals surface area contributed by atoms with Crippen LogP contribution in [0.3, 0.4) is 0 Å². The molecule has 0 saturated carbocycles. The highest BCUT2D eigenvalue weighted by atomic mass is 35.5. The second-order valence-electron chi connectivity index (χ2n) is 4.34. The molecule has 6 heteroatoms. The molecule has 1 N–H and O–H groups in total. The molecule has 0 aliphatic rings. The van der Waals surface area contributed by atoms with Crippen LogP contribution in [0.25, 0.3) is 0 Å². The van der Waals surface area contributed by atoms with Crippen LogP contribution in [0, 0.1) is 11.6 Å². The zero-order valence-corrected chi connectivity index (χ0v) is 11.3. The minimum absolute atomic E-state index is 0.0354. The van der Waals surface area contributed by atoms with Gasteiger partial charge in [0.2, 0.25) is 0 Å². The highest BCUT2D eigenvalue weighted by Gasteiger charge is 2.15. The van der Waals surface area contributed by atoms with Crippen molar-refractivity contribution in [2.45, 2.75) is 6.42 Å². The Balaban J connectivity index is 2.28. The number of carbonyl (C=O) groups is 2. The van der Waals surface area contributed by atoms with Crippen molar-refractivity contribution in [3.63, 3.8) is 0 Å². The van der Waals surface area contributed by atoms with Crippen molar-refractivity contribution in [1.82, 2.24) is 0 Å². The predicted molar refractivity (Wildman–Crippen MR) is 72.7 cm³/mol. The third-order valence-corrected chi connectivity index (χ3v) is 3.10. The van der Waals surface area contributed by atoms with E-state index >= 15 is 0 Å². The van der Waals surface area contributed by atoms with Crippen LogP contribution in [-0.2, 0) is 6.42 Å². The second-order valence-corrected chi connectivity index (χ2v) is 4.68. The number of ketones is 1. The lowest BCUT2D eigenvalue weighted by Gasteiger charge is -2.05. The monoisotopic (exact) mass is 310 g/mol. The summed E-state index contributed by atoms with van der Waals surface area (Å²) in [6.07, 6.45) is -0.299. The first-order chi connectivity index (χ1) is 9.88. The normalized spacial score (nSPS) is 10.4. The van der Waals surface area contributed by atoms with Crippen molar-refractivity contribution in [3.05, 3.63) is 64.7 Å². The van der Waals surface area contributed by atoms with E-state index in [2.05, 4.69) is 0 Å². The second kappa shape index (κ2) is 6.01. The largest absolute Gasteiger partial charge is 0.507 e. The summed E-state index contributed by atoms with van der Waals surface area (Å²) < 4.78 is 26.3. The van der Waals surface area contributed by atoms with Gasteiger partial charge in [0, 0.05) is 18.1 Å². The van der Waals surface area contributed by atoms with E-state index in [1.165, 1.54) is 12.1 Å². The predicted octanol–water partition coefficient (Wildman–Crippen LogP) is 3.47. The number of carbonyl (C=O) groups excluding carboxylic acids is 2. The maximum absolute atomic E-state index is 13.5. The van der Waals surface area contributed by atoms with Gasteiger partial charge in [0.15, 0.2) is 5.78 Å². The summed E-state index contributed by atoms with van der Waals surface area (Å²) in [5.74, 6) is -2.39. The number of phenolic OH excluding ortho intramolecular Hbond substituents is 1. The molecule has 0 atom stereocenters. The van der Waals surface area contributed by atoms with Crippen LogP contribution in [0.1, 0.15) is 26.3 Å². The molecule has 0 aliphatic heterocycles. The summed E-state index contributed by atoms with van der Waals surface area (Å²) in [5.41, 5.74) is -0.0733. The summed E-state index contributed by atoms with van der Waals surface area (Å²) in [7, 11) is 0. The lowest BCUT2D eigenvalue weighted by molar-refractivity contribution is 0.0991. The lowest BCUT2D eigenvalue weighted by atomic mass is 10.0. The number of halogens is 3. The van der Waals surface area contributed by atoms with Gasteiger partial charge in [-0.2, -0.15) is 0 Å². The van der Waals surface area contributed by atoms with Gasteiger partial charge in [-0.25, -0.2) is 8.78 Å². The summed E-state index contributed by atoms with van der Waals surface area (Å²) in [4.78, 5) is 23.1. The van der Waals surface area contributed by atoms with Crippen molar-refractivity contribution < 1.29 is 23.5 Å². The van der Waals surface area contributed by atoms with Crippen LogP contribution >= 0.6 is 11.6 Å². The molecule has 0 unspecified atom stereocenters. The first-order valence-electron chi connectivity index (χ1n) is 5.88. The number of benzene rings is 2. The van der Waals surface area contributed by atoms with Crippen LogP contribution in [-0.4, -0.2) is 16.1 Å². The van der Waals surface area contributed by atoms with E-state index in [1.807, 2.05) is 0 Å². The average molecular weight is 311 g/mol. The van der Waals surface area contributed by atoms with Gasteiger partial charge in [-0.05, 0) is 41.4 Å². The number of Topliss-reactive ketones (excluding diaryl/α,β-unsaturated/α-hetero) is 1. The van der Waals surface area contributed by atoms with Crippen LogP contribution < -0.4 is 0 Å². The SMILES string of the molecule is O=C(Cc1ccc(F)cc1F)c1ccc(O)c(C(=O)Cl)c1. The summed E-state index contributed by atoms with van der Waals surface area (Å²) in [6.45, 7) is 0. The van der Waals surface area contributed by atoms with Gasteiger partial charge in [-0.3, -0.25) is 9.59 Å². The van der Waals surface area contributed by atoms with E-state index in [9.17, 15) is 23.5 Å². The summed E-state index contributed by atoms with van der Waals surface area (Å²) in [6, 6.07) is 6.50. The smallest absolute Gasteiger partial charge is 0.256 e. The van der Waals surface area contributed by atoms with Crippen molar-refractivity contribution in [1.29, 1.82) is 0 Å². The van der Waals surface area contributed by atoms with Gasteiger partial charge in [0.25, 0.3) is 5.24 Å². The summed E-state index contributed by atoms with van der Waals surface area (Å²) >= 11 is 5.28. The fraction of sp³-hybridized carbons (Fsp3) is 0.0667. The first-order valence-corrected chi connectivity index (χ1v) is 6.26. The van der Waals surface area contributed by atoms with Crippen LogP contribution in [0.4, 0.5) is 8.78 Å². The van der Waals surface area contributed by atoms with E-state index < -0.39 is 22.7 Å². The molecule has 0 saturated heterocycles. The Morgan fingerprint density at radius 3 is 2.43 bits per heavy atom. The van der Waals surface area contributed by atoms with Crippen LogP contribution in [0.15, 0.2) is 36.4 Å². The molecule has 0 amide bonds. The third kappa shape index (κ3) is 3.44. The Hall–Kier alpha value is -2.27. The van der Waals surface area contributed by atoms with Crippen LogP contribution in [0.5, 0.6) is 5.75 Å². The lowest BCUT2D eigenvalue weighted by Crippen LogP contribution is -2.06. The van der Waals surface area contributed by atoms with E-state index in [4.69, 9.17) is 11.6 Å². The van der Waals surface area contributed by atoms with Crippen molar-refractivity contribution in [3.8, 4) is 5.75 Å². The molecule has 0 heterocycles. The fourth-order valence-corrected chi connectivity index (χ4v) is 1.96. The van der Waals surface area contributed by atoms with E-state index in [-0.39, 0.29) is 28.9 Å². The number of hydrogen-bond acceptors (Lipinski definition) is 3. The molecular formula is C15H9ClF2O3. The topological polar surface area (TPSA) is 54.4 Å². The van der Waals surface area contributed by atoms with Gasteiger partial charge in [-0.15, -0.1) is 0 Å². The Kier molecular flexibility index (Phi) is 4.33. The zero-order chi connectivity index (χ0) is 15.6. The number of phenols is 1. The maximum Gasteiger partial charge on any atom is 0.256 e. The van der Waals surface area contributed by atoms with Crippen LogP contribution in [0.2, 0.25) is 0 Å². The van der Waals surface area contributed by atoms with E-state index in [0.29, 0.717) is 6.07 Å². The van der Waals surface area contributed by atoms with Gasteiger partial charge in [0.1, 0.15) is 17.4 Å². The average Bonchev–Trinajstić information content (AvgIpc) is 2.42. The first kappa shape index (κ1) is 15.1. The van der Waals surface area contributed by atoms with Gasteiger partial charge >= 0.3 is 0 Å². The van der Waals surface area contributed by atoms with Gasteiger partial charge in [0.05, 0.1) is 5.56 Å². The molecule has 2 rings (SSSR count). The minimum atomic E-state index is -0.907. The Labute approximate surface area is 123 Å². The molecular weight excluding hydrogens is 302 g/mol. The molecule has 108 valence electrons. The molecule has 0 radical (unpaired) electrons. The molecule has 0 aromatic heterocycles. The van der Waals surface area contributed by atoms with Crippen molar-refractivity contribution >= 4 is 22.6 Å². The number of hydrogen-bond donors (Lipinski definition) is 1. The zero-order valence-electron chi connectivity index (χ0n) is 10.6. The minimum Gasteiger partial charge on any atom is -0.507 e. The highest BCUT2D eigenvalue weighted by Crippen LogP contribution is 2.22. The Morgan fingerprint density at radius 2 is 1.81 bits per heavy atom. The Bertz CT molecular complexity index is 729. The standard InChI is InChI=1S/C15H9ClF2O3/c16-15(21)11-5-9(2-4-13(11)19)14(20)6-8-1-3-10(17)7-12(8)18/h1-5,7,19H,6H2. The van der Waals surface area contributed by atoms with E-state index in [1.54, 1.807) is 0 Å². The maximum atomic E-state index is 13.5. The molecule has 0 bridgehead atoms. The van der Waals surface area contributed by atoms with E-state index in [0.717, 1.165) is 18.2 Å². The molecule has 0 fully saturated rings. The number of aromatic hydroxyl groups is 1. The molecule has 21 heavy (non-hydrogen) atoms.